The third-order valence-corrected chi connectivity index (χ3v) is 4.08. The third kappa shape index (κ3) is 5.21. The van der Waals surface area contributed by atoms with Gasteiger partial charge in [0.1, 0.15) is 23.1 Å². The van der Waals surface area contributed by atoms with E-state index in [1.165, 1.54) is 6.08 Å². The number of rotatable bonds is 6. The molecule has 0 aliphatic heterocycles. The number of nitrogens with zero attached hydrogens (tertiary/aromatic N) is 1. The average molecular weight is 414 g/mol. The number of nitriles is 1. The topological polar surface area (TPSA) is 59.3 Å². The minimum Gasteiger partial charge on any atom is -0.494 e. The van der Waals surface area contributed by atoms with Crippen LogP contribution in [0.3, 0.4) is 0 Å². The van der Waals surface area contributed by atoms with Gasteiger partial charge in [0, 0.05) is 4.47 Å². The maximum absolute atomic E-state index is 12.4. The summed E-state index contributed by atoms with van der Waals surface area (Å²) in [5, 5.41) is 9.34. The van der Waals surface area contributed by atoms with Crippen LogP contribution in [0.2, 0.25) is 0 Å². The second-order valence-electron chi connectivity index (χ2n) is 5.85. The standard InChI is InChI=1S/C21H20BrNO3/c1-4-9-25-19-7-5-16(6-8-19)12-17(13-23)21(24)26-20-14(2)10-18(22)11-15(20)3/h5-8,10-12H,4,9H2,1-3H3/b17-12+. The SMILES string of the molecule is CCCOc1ccc(/C=C(\C#N)C(=O)Oc2c(C)cc(Br)cc2C)cc1. The van der Waals surface area contributed by atoms with Crippen LogP contribution >= 0.6 is 15.9 Å². The fourth-order valence-electron chi connectivity index (χ4n) is 2.39. The van der Waals surface area contributed by atoms with Gasteiger partial charge in [0.2, 0.25) is 0 Å². The molecule has 0 aliphatic rings. The van der Waals surface area contributed by atoms with E-state index in [2.05, 4.69) is 15.9 Å². The van der Waals surface area contributed by atoms with Gasteiger partial charge >= 0.3 is 5.97 Å². The lowest BCUT2D eigenvalue weighted by atomic mass is 10.1. The molecule has 2 aromatic carbocycles. The Bertz CT molecular complexity index is 841. The summed E-state index contributed by atoms with van der Waals surface area (Å²) in [6, 6.07) is 12.9. The largest absolute Gasteiger partial charge is 0.494 e. The molecule has 0 saturated carbocycles. The van der Waals surface area contributed by atoms with E-state index < -0.39 is 5.97 Å². The second-order valence-corrected chi connectivity index (χ2v) is 6.76. The molecule has 4 nitrogen and oxygen atoms in total. The molecule has 0 N–H and O–H groups in total. The molecular formula is C21H20BrNO3. The number of esters is 1. The van der Waals surface area contributed by atoms with Crippen molar-refractivity contribution in [1.82, 2.24) is 0 Å². The van der Waals surface area contributed by atoms with Crippen molar-refractivity contribution < 1.29 is 14.3 Å². The summed E-state index contributed by atoms with van der Waals surface area (Å²) >= 11 is 3.41. The number of aryl methyl sites for hydroxylation is 2. The molecule has 0 aromatic heterocycles. The van der Waals surface area contributed by atoms with E-state index in [4.69, 9.17) is 9.47 Å². The highest BCUT2D eigenvalue weighted by molar-refractivity contribution is 9.10. The van der Waals surface area contributed by atoms with Crippen LogP contribution in [0.1, 0.15) is 30.0 Å². The molecule has 2 aromatic rings. The van der Waals surface area contributed by atoms with Crippen molar-refractivity contribution in [3.63, 3.8) is 0 Å². The summed E-state index contributed by atoms with van der Waals surface area (Å²) in [5.41, 5.74) is 2.31. The maximum atomic E-state index is 12.4. The van der Waals surface area contributed by atoms with Crippen molar-refractivity contribution in [3.05, 3.63) is 63.1 Å². The lowest BCUT2D eigenvalue weighted by molar-refractivity contribution is -0.129. The van der Waals surface area contributed by atoms with Gasteiger partial charge in [-0.2, -0.15) is 5.26 Å². The van der Waals surface area contributed by atoms with Gasteiger partial charge in [0.25, 0.3) is 0 Å². The zero-order valence-electron chi connectivity index (χ0n) is 15.0. The first-order chi connectivity index (χ1) is 12.4. The van der Waals surface area contributed by atoms with Crippen LogP contribution in [-0.2, 0) is 4.79 Å². The summed E-state index contributed by atoms with van der Waals surface area (Å²) < 4.78 is 11.9. The zero-order chi connectivity index (χ0) is 19.1. The van der Waals surface area contributed by atoms with Crippen molar-refractivity contribution in [2.24, 2.45) is 0 Å². The molecule has 0 atom stereocenters. The van der Waals surface area contributed by atoms with Gasteiger partial charge in [-0.3, -0.25) is 0 Å². The molecule has 2 rings (SSSR count). The summed E-state index contributed by atoms with van der Waals surface area (Å²) in [5.74, 6) is 0.557. The van der Waals surface area contributed by atoms with Crippen molar-refractivity contribution in [3.8, 4) is 17.6 Å². The first kappa shape index (κ1) is 19.7. The zero-order valence-corrected chi connectivity index (χ0v) is 16.6. The van der Waals surface area contributed by atoms with Gasteiger partial charge in [-0.15, -0.1) is 0 Å². The number of carbonyl (C=O) groups excluding carboxylic acids is 1. The number of halogens is 1. The van der Waals surface area contributed by atoms with Gasteiger partial charge in [-0.25, -0.2) is 4.79 Å². The van der Waals surface area contributed by atoms with Gasteiger partial charge < -0.3 is 9.47 Å². The molecule has 0 bridgehead atoms. The van der Waals surface area contributed by atoms with Gasteiger partial charge in [-0.05, 0) is 67.3 Å². The Morgan fingerprint density at radius 3 is 2.35 bits per heavy atom. The highest BCUT2D eigenvalue weighted by atomic mass is 79.9. The number of hydrogen-bond acceptors (Lipinski definition) is 4. The summed E-state index contributed by atoms with van der Waals surface area (Å²) in [4.78, 5) is 12.4. The molecule has 5 heteroatoms. The van der Waals surface area contributed by atoms with Crippen LogP contribution in [0.15, 0.2) is 46.4 Å². The Morgan fingerprint density at radius 2 is 1.81 bits per heavy atom. The predicted molar refractivity (Wildman–Crippen MR) is 105 cm³/mol. The van der Waals surface area contributed by atoms with Crippen LogP contribution in [0.25, 0.3) is 6.08 Å². The molecule has 0 aliphatic carbocycles. The van der Waals surface area contributed by atoms with Gasteiger partial charge in [0.15, 0.2) is 0 Å². The van der Waals surface area contributed by atoms with Gasteiger partial charge in [0.05, 0.1) is 6.61 Å². The summed E-state index contributed by atoms with van der Waals surface area (Å²) in [6.45, 7) is 6.39. The lowest BCUT2D eigenvalue weighted by Gasteiger charge is -2.10. The van der Waals surface area contributed by atoms with E-state index in [-0.39, 0.29) is 5.57 Å². The summed E-state index contributed by atoms with van der Waals surface area (Å²) in [7, 11) is 0. The van der Waals surface area contributed by atoms with Crippen LogP contribution in [0.4, 0.5) is 0 Å². The molecular weight excluding hydrogens is 394 g/mol. The molecule has 0 saturated heterocycles. The normalized spacial score (nSPS) is 11.0. The Labute approximate surface area is 162 Å². The van der Waals surface area contributed by atoms with Crippen LogP contribution in [0, 0.1) is 25.2 Å². The maximum Gasteiger partial charge on any atom is 0.354 e. The highest BCUT2D eigenvalue weighted by Crippen LogP contribution is 2.28. The van der Waals surface area contributed by atoms with E-state index in [9.17, 15) is 10.1 Å². The molecule has 134 valence electrons. The summed E-state index contributed by atoms with van der Waals surface area (Å²) in [6.07, 6.45) is 2.44. The van der Waals surface area contributed by atoms with Crippen LogP contribution in [0.5, 0.6) is 11.5 Å². The fraction of sp³-hybridized carbons (Fsp3) is 0.238. The van der Waals surface area contributed by atoms with Crippen LogP contribution in [-0.4, -0.2) is 12.6 Å². The van der Waals surface area contributed by atoms with Crippen molar-refractivity contribution in [2.75, 3.05) is 6.61 Å². The molecule has 0 spiro atoms. The predicted octanol–water partition coefficient (Wildman–Crippen LogP) is 5.37. The van der Waals surface area contributed by atoms with Crippen molar-refractivity contribution in [1.29, 1.82) is 5.26 Å². The molecule has 26 heavy (non-hydrogen) atoms. The first-order valence-corrected chi connectivity index (χ1v) is 9.07. The van der Waals surface area contributed by atoms with E-state index >= 15 is 0 Å². The molecule has 0 amide bonds. The quantitative estimate of drug-likeness (QED) is 0.276. The lowest BCUT2D eigenvalue weighted by Crippen LogP contribution is -2.12. The minimum atomic E-state index is -0.674. The molecule has 0 radical (unpaired) electrons. The van der Waals surface area contributed by atoms with E-state index in [0.29, 0.717) is 12.4 Å². The monoisotopic (exact) mass is 413 g/mol. The third-order valence-electron chi connectivity index (χ3n) is 3.62. The highest BCUT2D eigenvalue weighted by Gasteiger charge is 2.15. The Morgan fingerprint density at radius 1 is 1.19 bits per heavy atom. The molecule has 0 fully saturated rings. The van der Waals surface area contributed by atoms with E-state index in [0.717, 1.165) is 33.3 Å². The number of benzene rings is 2. The molecule has 0 heterocycles. The number of ether oxygens (including phenoxy) is 2. The average Bonchev–Trinajstić information content (AvgIpc) is 2.61. The molecule has 0 unspecified atom stereocenters. The second kappa shape index (κ2) is 9.21. The fourth-order valence-corrected chi connectivity index (χ4v) is 3.08. The smallest absolute Gasteiger partial charge is 0.354 e. The number of hydrogen-bond donors (Lipinski definition) is 0. The Hall–Kier alpha value is -2.58. The van der Waals surface area contributed by atoms with Gasteiger partial charge in [-0.1, -0.05) is 35.0 Å². The van der Waals surface area contributed by atoms with E-state index in [1.807, 2.05) is 51.1 Å². The Kier molecular flexibility index (Phi) is 6.99. The van der Waals surface area contributed by atoms with E-state index in [1.54, 1.807) is 12.1 Å². The first-order valence-electron chi connectivity index (χ1n) is 8.28. The van der Waals surface area contributed by atoms with Crippen molar-refractivity contribution in [2.45, 2.75) is 27.2 Å². The minimum absolute atomic E-state index is 0.0612. The Balaban J connectivity index is 2.18. The number of carbonyl (C=O) groups is 1. The van der Waals surface area contributed by atoms with Crippen LogP contribution < -0.4 is 9.47 Å². The van der Waals surface area contributed by atoms with Crippen molar-refractivity contribution >= 4 is 28.0 Å².